The number of hydrogen-bond donors (Lipinski definition) is 1. The van der Waals surface area contributed by atoms with Crippen molar-refractivity contribution in [3.05, 3.63) is 0 Å². The van der Waals surface area contributed by atoms with Crippen LogP contribution in [0, 0.1) is 17.8 Å². The minimum absolute atomic E-state index is 0.750. The summed E-state index contributed by atoms with van der Waals surface area (Å²) in [6.07, 6.45) is 5.92. The minimum Gasteiger partial charge on any atom is -0.331 e. The Hall–Kier alpha value is -0.0400. The van der Waals surface area contributed by atoms with Gasteiger partial charge < -0.3 is 5.73 Å². The van der Waals surface area contributed by atoms with Crippen molar-refractivity contribution in [1.82, 2.24) is 0 Å². The molecule has 0 aromatic rings. The first kappa shape index (κ1) is 13.0. The zero-order chi connectivity index (χ0) is 10.3. The molecule has 1 fully saturated rings. The van der Waals surface area contributed by atoms with E-state index in [1.165, 1.54) is 25.7 Å². The van der Waals surface area contributed by atoms with Gasteiger partial charge in [0, 0.05) is 0 Å². The van der Waals surface area contributed by atoms with Crippen molar-refractivity contribution < 1.29 is 0 Å². The molecular formula is C12H27N. The first-order valence-electron chi connectivity index (χ1n) is 5.81. The average Bonchev–Trinajstić information content (AvgIpc) is 2.06. The lowest BCUT2D eigenvalue weighted by molar-refractivity contribution is 0.234. The van der Waals surface area contributed by atoms with Crippen LogP contribution in [0.2, 0.25) is 0 Å². The quantitative estimate of drug-likeness (QED) is 0.665. The van der Waals surface area contributed by atoms with Crippen LogP contribution in [0.3, 0.4) is 0 Å². The Bertz CT molecular complexity index is 102. The summed E-state index contributed by atoms with van der Waals surface area (Å²) in [5, 5.41) is 0. The van der Waals surface area contributed by atoms with Gasteiger partial charge >= 0.3 is 0 Å². The molecule has 0 unspecified atom stereocenters. The van der Waals surface area contributed by atoms with Crippen LogP contribution < -0.4 is 5.73 Å². The van der Waals surface area contributed by atoms with Gasteiger partial charge in [0.15, 0.2) is 0 Å². The molecule has 0 aromatic heterocycles. The molecule has 13 heavy (non-hydrogen) atoms. The molecular weight excluding hydrogens is 158 g/mol. The SMILES string of the molecule is CC1CCC(C(C)C)CC1.CCN. The Morgan fingerprint density at radius 2 is 1.54 bits per heavy atom. The molecule has 0 amide bonds. The number of hydrogen-bond acceptors (Lipinski definition) is 1. The zero-order valence-electron chi connectivity index (χ0n) is 9.84. The number of nitrogens with two attached hydrogens (primary N) is 1. The third-order valence-electron chi connectivity index (χ3n) is 3.00. The maximum atomic E-state index is 4.85. The highest BCUT2D eigenvalue weighted by molar-refractivity contribution is 4.71. The van der Waals surface area contributed by atoms with E-state index in [2.05, 4.69) is 20.8 Å². The Morgan fingerprint density at radius 3 is 1.85 bits per heavy atom. The topological polar surface area (TPSA) is 26.0 Å². The fourth-order valence-corrected chi connectivity index (χ4v) is 1.95. The van der Waals surface area contributed by atoms with Crippen molar-refractivity contribution in [1.29, 1.82) is 0 Å². The van der Waals surface area contributed by atoms with E-state index in [1.807, 2.05) is 6.92 Å². The Balaban J connectivity index is 0.000000424. The molecule has 1 nitrogen and oxygen atoms in total. The van der Waals surface area contributed by atoms with Gasteiger partial charge in [0.05, 0.1) is 0 Å². The second kappa shape index (κ2) is 7.37. The van der Waals surface area contributed by atoms with E-state index in [9.17, 15) is 0 Å². The fourth-order valence-electron chi connectivity index (χ4n) is 1.95. The molecule has 1 aliphatic rings. The summed E-state index contributed by atoms with van der Waals surface area (Å²) in [7, 11) is 0. The molecule has 1 rings (SSSR count). The first-order valence-corrected chi connectivity index (χ1v) is 5.81. The predicted octanol–water partition coefficient (Wildman–Crippen LogP) is 3.43. The largest absolute Gasteiger partial charge is 0.331 e. The molecule has 0 spiro atoms. The molecule has 2 N–H and O–H groups in total. The average molecular weight is 185 g/mol. The highest BCUT2D eigenvalue weighted by atomic mass is 14.5. The van der Waals surface area contributed by atoms with Crippen LogP contribution in [0.5, 0.6) is 0 Å². The van der Waals surface area contributed by atoms with Crippen LogP contribution in [0.15, 0.2) is 0 Å². The lowest BCUT2D eigenvalue weighted by Crippen LogP contribution is -2.16. The summed E-state index contributed by atoms with van der Waals surface area (Å²) < 4.78 is 0. The van der Waals surface area contributed by atoms with Crippen LogP contribution >= 0.6 is 0 Å². The van der Waals surface area contributed by atoms with E-state index in [1.54, 1.807) is 0 Å². The van der Waals surface area contributed by atoms with Gasteiger partial charge in [-0.1, -0.05) is 40.5 Å². The molecule has 0 aromatic carbocycles. The van der Waals surface area contributed by atoms with Crippen LogP contribution in [-0.2, 0) is 0 Å². The molecule has 1 saturated carbocycles. The summed E-state index contributed by atoms with van der Waals surface area (Å²) in [5.74, 6) is 2.97. The van der Waals surface area contributed by atoms with Gasteiger partial charge in [0.2, 0.25) is 0 Å². The fraction of sp³-hybridized carbons (Fsp3) is 1.00. The monoisotopic (exact) mass is 185 g/mol. The smallest absolute Gasteiger partial charge is 0.0106 e. The minimum atomic E-state index is 0.750. The molecule has 0 bridgehead atoms. The van der Waals surface area contributed by atoms with E-state index in [0.717, 1.165) is 24.3 Å². The van der Waals surface area contributed by atoms with Gasteiger partial charge in [0.25, 0.3) is 0 Å². The summed E-state index contributed by atoms with van der Waals surface area (Å²) >= 11 is 0. The van der Waals surface area contributed by atoms with Gasteiger partial charge in [-0.2, -0.15) is 0 Å². The van der Waals surface area contributed by atoms with Crippen LogP contribution in [0.4, 0.5) is 0 Å². The predicted molar refractivity (Wildman–Crippen MR) is 60.7 cm³/mol. The summed E-state index contributed by atoms with van der Waals surface area (Å²) in [6.45, 7) is 9.76. The highest BCUT2D eigenvalue weighted by Crippen LogP contribution is 2.32. The maximum Gasteiger partial charge on any atom is -0.0106 e. The van der Waals surface area contributed by atoms with Crippen molar-refractivity contribution in [2.24, 2.45) is 23.5 Å². The molecule has 0 saturated heterocycles. The maximum absolute atomic E-state index is 4.85. The second-order valence-corrected chi connectivity index (χ2v) is 4.67. The highest BCUT2D eigenvalue weighted by Gasteiger charge is 2.19. The van der Waals surface area contributed by atoms with Crippen molar-refractivity contribution in [2.75, 3.05) is 6.54 Å². The van der Waals surface area contributed by atoms with E-state index in [-0.39, 0.29) is 0 Å². The van der Waals surface area contributed by atoms with Crippen molar-refractivity contribution in [3.8, 4) is 0 Å². The summed E-state index contributed by atoms with van der Waals surface area (Å²) in [5.41, 5.74) is 4.85. The molecule has 0 heterocycles. The molecule has 0 atom stereocenters. The standard InChI is InChI=1S/C10H20.C2H7N/c1-8(2)10-6-4-9(3)5-7-10;1-2-3/h8-10H,4-7H2,1-3H3;2-3H2,1H3. The summed E-state index contributed by atoms with van der Waals surface area (Å²) in [6, 6.07) is 0. The van der Waals surface area contributed by atoms with E-state index >= 15 is 0 Å². The molecule has 0 radical (unpaired) electrons. The first-order chi connectivity index (χ1) is 6.11. The summed E-state index contributed by atoms with van der Waals surface area (Å²) in [4.78, 5) is 0. The van der Waals surface area contributed by atoms with E-state index in [4.69, 9.17) is 5.73 Å². The Labute approximate surface area is 84.1 Å². The Morgan fingerprint density at radius 1 is 1.15 bits per heavy atom. The van der Waals surface area contributed by atoms with Gasteiger partial charge in [-0.05, 0) is 37.1 Å². The lowest BCUT2D eigenvalue weighted by Gasteiger charge is -2.28. The van der Waals surface area contributed by atoms with Crippen molar-refractivity contribution in [2.45, 2.75) is 53.4 Å². The van der Waals surface area contributed by atoms with Gasteiger partial charge in [-0.15, -0.1) is 0 Å². The van der Waals surface area contributed by atoms with Gasteiger partial charge in [-0.3, -0.25) is 0 Å². The molecule has 0 aliphatic heterocycles. The van der Waals surface area contributed by atoms with Crippen molar-refractivity contribution >= 4 is 0 Å². The Kier molecular flexibility index (Phi) is 7.35. The third-order valence-corrected chi connectivity index (χ3v) is 3.00. The van der Waals surface area contributed by atoms with Crippen LogP contribution in [-0.4, -0.2) is 6.54 Å². The van der Waals surface area contributed by atoms with Crippen LogP contribution in [0.1, 0.15) is 53.4 Å². The number of rotatable bonds is 1. The second-order valence-electron chi connectivity index (χ2n) is 4.67. The van der Waals surface area contributed by atoms with Gasteiger partial charge in [-0.25, -0.2) is 0 Å². The lowest BCUT2D eigenvalue weighted by atomic mass is 9.78. The third kappa shape index (κ3) is 6.09. The van der Waals surface area contributed by atoms with Crippen LogP contribution in [0.25, 0.3) is 0 Å². The van der Waals surface area contributed by atoms with Gasteiger partial charge in [0.1, 0.15) is 0 Å². The normalized spacial score (nSPS) is 28.2. The molecule has 1 aliphatic carbocycles. The molecule has 1 heteroatoms. The van der Waals surface area contributed by atoms with Crippen molar-refractivity contribution in [3.63, 3.8) is 0 Å². The zero-order valence-corrected chi connectivity index (χ0v) is 9.84. The van der Waals surface area contributed by atoms with E-state index in [0.29, 0.717) is 0 Å². The van der Waals surface area contributed by atoms with E-state index < -0.39 is 0 Å². The molecule has 80 valence electrons.